The Hall–Kier alpha value is -1.10. The second-order valence-electron chi connectivity index (χ2n) is 6.77. The van der Waals surface area contributed by atoms with Crippen molar-refractivity contribution in [3.63, 3.8) is 0 Å². The maximum atomic E-state index is 12.7. The number of amides is 2. The molecule has 0 aromatic rings. The lowest BCUT2D eigenvalue weighted by Gasteiger charge is -2.36. The normalized spacial score (nSPS) is 29.7. The number of nitrogens with zero attached hydrogens (tertiary/aromatic N) is 2. The van der Waals surface area contributed by atoms with Crippen LogP contribution in [-0.4, -0.2) is 53.8 Å². The van der Waals surface area contributed by atoms with Gasteiger partial charge in [-0.3, -0.25) is 14.5 Å². The summed E-state index contributed by atoms with van der Waals surface area (Å²) >= 11 is 0. The van der Waals surface area contributed by atoms with E-state index in [9.17, 15) is 9.59 Å². The van der Waals surface area contributed by atoms with Gasteiger partial charge < -0.3 is 10.6 Å². The predicted octanol–water partition coefficient (Wildman–Crippen LogP) is 1.22. The maximum Gasteiger partial charge on any atom is 0.239 e. The van der Waals surface area contributed by atoms with Gasteiger partial charge in [0.15, 0.2) is 0 Å². The molecule has 120 valence electrons. The Kier molecular flexibility index (Phi) is 5.62. The number of carbonyl (C=O) groups is 2. The fourth-order valence-corrected chi connectivity index (χ4v) is 3.50. The Bertz CT molecular complexity index is 386. The molecule has 0 saturated carbocycles. The molecule has 0 aromatic heterocycles. The van der Waals surface area contributed by atoms with Crippen LogP contribution in [0.1, 0.15) is 46.0 Å². The smallest absolute Gasteiger partial charge is 0.239 e. The Morgan fingerprint density at radius 3 is 2.52 bits per heavy atom. The molecule has 0 bridgehead atoms. The standard InChI is InChI=1S/C16H29N3O2/c1-12-5-3-8-18(10-7-12)13(2)16(21)19-9-4-6-14(11-19)15(17)20/h12-14H,3-11H2,1-2H3,(H2,17,20)/t12-,13-,14-/m1/s1. The molecule has 2 aliphatic rings. The highest BCUT2D eigenvalue weighted by molar-refractivity contribution is 5.83. The summed E-state index contributed by atoms with van der Waals surface area (Å²) in [5.41, 5.74) is 5.40. The van der Waals surface area contributed by atoms with Crippen molar-refractivity contribution in [1.82, 2.24) is 9.80 Å². The minimum absolute atomic E-state index is 0.0815. The van der Waals surface area contributed by atoms with E-state index in [1.54, 1.807) is 0 Å². The van der Waals surface area contributed by atoms with Crippen molar-refractivity contribution in [2.75, 3.05) is 26.2 Å². The molecule has 0 unspecified atom stereocenters. The number of likely N-dealkylation sites (tertiary alicyclic amines) is 2. The zero-order valence-corrected chi connectivity index (χ0v) is 13.4. The van der Waals surface area contributed by atoms with Crippen LogP contribution in [0.15, 0.2) is 0 Å². The minimum atomic E-state index is -0.274. The third-order valence-corrected chi connectivity index (χ3v) is 5.09. The van der Waals surface area contributed by atoms with Gasteiger partial charge in [0, 0.05) is 13.1 Å². The highest BCUT2D eigenvalue weighted by atomic mass is 16.2. The number of carbonyl (C=O) groups excluding carboxylic acids is 2. The second kappa shape index (κ2) is 7.25. The van der Waals surface area contributed by atoms with Gasteiger partial charge in [0.2, 0.25) is 11.8 Å². The molecule has 2 aliphatic heterocycles. The van der Waals surface area contributed by atoms with E-state index in [1.165, 1.54) is 19.3 Å². The van der Waals surface area contributed by atoms with Gasteiger partial charge in [-0.1, -0.05) is 6.92 Å². The average Bonchev–Trinajstić information content (AvgIpc) is 2.70. The van der Waals surface area contributed by atoms with Gasteiger partial charge in [-0.15, -0.1) is 0 Å². The molecule has 0 aromatic carbocycles. The van der Waals surface area contributed by atoms with Gasteiger partial charge in [0.25, 0.3) is 0 Å². The van der Waals surface area contributed by atoms with Gasteiger partial charge in [0.1, 0.15) is 0 Å². The van der Waals surface area contributed by atoms with Crippen molar-refractivity contribution in [3.05, 3.63) is 0 Å². The Morgan fingerprint density at radius 2 is 1.81 bits per heavy atom. The molecule has 3 atom stereocenters. The molecule has 2 heterocycles. The summed E-state index contributed by atoms with van der Waals surface area (Å²) in [6.07, 6.45) is 5.28. The molecule has 2 rings (SSSR count). The molecule has 21 heavy (non-hydrogen) atoms. The van der Waals surface area contributed by atoms with E-state index < -0.39 is 0 Å². The average molecular weight is 295 g/mol. The second-order valence-corrected chi connectivity index (χ2v) is 6.77. The molecule has 0 radical (unpaired) electrons. The Labute approximate surface area is 127 Å². The van der Waals surface area contributed by atoms with Crippen molar-refractivity contribution >= 4 is 11.8 Å². The van der Waals surface area contributed by atoms with E-state index in [0.29, 0.717) is 6.54 Å². The van der Waals surface area contributed by atoms with Crippen molar-refractivity contribution < 1.29 is 9.59 Å². The van der Waals surface area contributed by atoms with Crippen LogP contribution in [0.4, 0.5) is 0 Å². The Morgan fingerprint density at radius 1 is 1.10 bits per heavy atom. The first-order valence-corrected chi connectivity index (χ1v) is 8.31. The van der Waals surface area contributed by atoms with Crippen LogP contribution in [0.5, 0.6) is 0 Å². The first kappa shape index (κ1) is 16.3. The largest absolute Gasteiger partial charge is 0.369 e. The summed E-state index contributed by atoms with van der Waals surface area (Å²) in [7, 11) is 0. The van der Waals surface area contributed by atoms with E-state index in [0.717, 1.165) is 38.4 Å². The van der Waals surface area contributed by atoms with Crippen LogP contribution in [0.3, 0.4) is 0 Å². The lowest BCUT2D eigenvalue weighted by atomic mass is 9.97. The molecule has 5 nitrogen and oxygen atoms in total. The van der Waals surface area contributed by atoms with Crippen molar-refractivity contribution in [1.29, 1.82) is 0 Å². The van der Waals surface area contributed by atoms with E-state index in [1.807, 2.05) is 11.8 Å². The highest BCUT2D eigenvalue weighted by Gasteiger charge is 2.32. The minimum Gasteiger partial charge on any atom is -0.369 e. The first-order valence-electron chi connectivity index (χ1n) is 8.31. The van der Waals surface area contributed by atoms with Crippen LogP contribution in [0, 0.1) is 11.8 Å². The SMILES string of the molecule is C[C@@H]1CCCN([C@H](C)C(=O)N2CCC[C@@H](C(N)=O)C2)CC1. The lowest BCUT2D eigenvalue weighted by molar-refractivity contribution is -0.139. The highest BCUT2D eigenvalue weighted by Crippen LogP contribution is 2.21. The maximum absolute atomic E-state index is 12.7. The predicted molar refractivity (Wildman–Crippen MR) is 82.5 cm³/mol. The third-order valence-electron chi connectivity index (χ3n) is 5.09. The van der Waals surface area contributed by atoms with Crippen LogP contribution >= 0.6 is 0 Å². The molecule has 0 aliphatic carbocycles. The van der Waals surface area contributed by atoms with Crippen molar-refractivity contribution in [3.8, 4) is 0 Å². The van der Waals surface area contributed by atoms with Gasteiger partial charge in [-0.25, -0.2) is 0 Å². The van der Waals surface area contributed by atoms with Gasteiger partial charge in [0.05, 0.1) is 12.0 Å². The van der Waals surface area contributed by atoms with E-state index in [2.05, 4.69) is 11.8 Å². The monoisotopic (exact) mass is 295 g/mol. The van der Waals surface area contributed by atoms with Crippen molar-refractivity contribution in [2.24, 2.45) is 17.6 Å². The molecule has 0 spiro atoms. The van der Waals surface area contributed by atoms with Crippen LogP contribution < -0.4 is 5.73 Å². The number of rotatable bonds is 3. The van der Waals surface area contributed by atoms with Gasteiger partial charge in [-0.2, -0.15) is 0 Å². The summed E-state index contributed by atoms with van der Waals surface area (Å²) in [6, 6.07) is -0.0815. The molecule has 2 amide bonds. The number of nitrogens with two attached hydrogens (primary N) is 1. The van der Waals surface area contributed by atoms with E-state index in [4.69, 9.17) is 5.73 Å². The molecular formula is C16H29N3O2. The van der Waals surface area contributed by atoms with Gasteiger partial charge in [-0.05, 0) is 58.0 Å². The zero-order valence-electron chi connectivity index (χ0n) is 13.4. The quantitative estimate of drug-likeness (QED) is 0.851. The summed E-state index contributed by atoms with van der Waals surface area (Å²) in [6.45, 7) is 7.57. The summed E-state index contributed by atoms with van der Waals surface area (Å²) in [4.78, 5) is 28.2. The van der Waals surface area contributed by atoms with Gasteiger partial charge >= 0.3 is 0 Å². The third kappa shape index (κ3) is 4.19. The molecular weight excluding hydrogens is 266 g/mol. The van der Waals surface area contributed by atoms with E-state index >= 15 is 0 Å². The van der Waals surface area contributed by atoms with Crippen molar-refractivity contribution in [2.45, 2.75) is 52.0 Å². The number of primary amides is 1. The molecule has 2 fully saturated rings. The van der Waals surface area contributed by atoms with Crippen LogP contribution in [0.25, 0.3) is 0 Å². The topological polar surface area (TPSA) is 66.6 Å². The molecule has 2 N–H and O–H groups in total. The number of hydrogen-bond acceptors (Lipinski definition) is 3. The zero-order chi connectivity index (χ0) is 15.4. The summed E-state index contributed by atoms with van der Waals surface area (Å²) in [5.74, 6) is 0.477. The lowest BCUT2D eigenvalue weighted by Crippen LogP contribution is -2.51. The fourth-order valence-electron chi connectivity index (χ4n) is 3.50. The van der Waals surface area contributed by atoms with Crippen LogP contribution in [0.2, 0.25) is 0 Å². The molecule has 5 heteroatoms. The molecule has 2 saturated heterocycles. The van der Waals surface area contributed by atoms with Crippen LogP contribution in [-0.2, 0) is 9.59 Å². The fraction of sp³-hybridized carbons (Fsp3) is 0.875. The summed E-state index contributed by atoms with van der Waals surface area (Å²) < 4.78 is 0. The summed E-state index contributed by atoms with van der Waals surface area (Å²) in [5, 5.41) is 0. The van der Waals surface area contributed by atoms with E-state index in [-0.39, 0.29) is 23.8 Å². The number of hydrogen-bond donors (Lipinski definition) is 1. The first-order chi connectivity index (χ1) is 9.99. The number of piperidine rings is 1. The Balaban J connectivity index is 1.93.